The van der Waals surface area contributed by atoms with Gasteiger partial charge in [0.05, 0.1) is 27.2 Å². The summed E-state index contributed by atoms with van der Waals surface area (Å²) in [5.74, 6) is -0.384. The number of hydrogen-bond donors (Lipinski definition) is 1. The molecule has 1 N–H and O–H groups in total. The van der Waals surface area contributed by atoms with Crippen LogP contribution < -0.4 is 5.32 Å². The highest BCUT2D eigenvalue weighted by Gasteiger charge is 2.15. The molecule has 2 aromatic heterocycles. The zero-order valence-corrected chi connectivity index (χ0v) is 11.5. The van der Waals surface area contributed by atoms with Gasteiger partial charge in [-0.25, -0.2) is 0 Å². The third-order valence-corrected chi connectivity index (χ3v) is 3.88. The number of para-hydroxylation sites is 1. The Hall–Kier alpha value is -2.80. The minimum absolute atomic E-state index is 0.0585. The second-order valence-corrected chi connectivity index (χ2v) is 5.33. The van der Waals surface area contributed by atoms with E-state index < -0.39 is 4.92 Å². The summed E-state index contributed by atoms with van der Waals surface area (Å²) in [7, 11) is 0. The van der Waals surface area contributed by atoms with Gasteiger partial charge in [-0.2, -0.15) is 0 Å². The lowest BCUT2D eigenvalue weighted by Crippen LogP contribution is -2.10. The topological polar surface area (TPSA) is 85.1 Å². The molecule has 0 unspecified atom stereocenters. The summed E-state index contributed by atoms with van der Waals surface area (Å²) < 4.78 is 0. The summed E-state index contributed by atoms with van der Waals surface area (Å²) in [4.78, 5) is 26.7. The lowest BCUT2D eigenvalue weighted by atomic mass is 10.2. The fraction of sp³-hybridized carbons (Fsp3) is 0. The van der Waals surface area contributed by atoms with Crippen LogP contribution in [0.25, 0.3) is 10.9 Å². The fourth-order valence-electron chi connectivity index (χ4n) is 1.88. The summed E-state index contributed by atoms with van der Waals surface area (Å²) in [5.41, 5.74) is 1.39. The highest BCUT2D eigenvalue weighted by molar-refractivity contribution is 7.17. The molecule has 1 aromatic carbocycles. The lowest BCUT2D eigenvalue weighted by molar-refractivity contribution is -0.380. The van der Waals surface area contributed by atoms with Gasteiger partial charge in [-0.1, -0.05) is 29.5 Å². The first kappa shape index (κ1) is 13.2. The summed E-state index contributed by atoms with van der Waals surface area (Å²) in [6, 6.07) is 12.1. The van der Waals surface area contributed by atoms with E-state index in [1.807, 2.05) is 30.3 Å². The molecule has 0 aliphatic rings. The number of hydrogen-bond acceptors (Lipinski definition) is 5. The molecule has 21 heavy (non-hydrogen) atoms. The van der Waals surface area contributed by atoms with Crippen molar-refractivity contribution in [3.8, 4) is 0 Å². The maximum Gasteiger partial charge on any atom is 0.324 e. The van der Waals surface area contributed by atoms with Gasteiger partial charge in [-0.05, 0) is 18.2 Å². The van der Waals surface area contributed by atoms with E-state index in [2.05, 4.69) is 10.3 Å². The monoisotopic (exact) mass is 299 g/mol. The molecule has 0 bridgehead atoms. The first-order chi connectivity index (χ1) is 10.1. The van der Waals surface area contributed by atoms with Crippen molar-refractivity contribution in [2.45, 2.75) is 0 Å². The number of amides is 1. The standard InChI is InChI=1S/C14H9N3O3S/c18-14(12-5-6-13(21-12)17(19)20)16-10-7-9-3-1-2-4-11(9)15-8-10/h1-8H,(H,16,18). The SMILES string of the molecule is O=C(Nc1cnc2ccccc2c1)c1ccc([N+](=O)[O-])s1. The molecule has 0 spiro atoms. The van der Waals surface area contributed by atoms with Crippen molar-refractivity contribution in [1.29, 1.82) is 0 Å². The Morgan fingerprint density at radius 2 is 2.05 bits per heavy atom. The Balaban J connectivity index is 1.83. The average Bonchev–Trinajstić information content (AvgIpc) is 2.97. The molecule has 104 valence electrons. The van der Waals surface area contributed by atoms with Crippen molar-refractivity contribution < 1.29 is 9.72 Å². The van der Waals surface area contributed by atoms with Crippen molar-refractivity contribution in [3.05, 3.63) is 63.7 Å². The minimum atomic E-state index is -0.515. The summed E-state index contributed by atoms with van der Waals surface area (Å²) in [6.07, 6.45) is 1.56. The van der Waals surface area contributed by atoms with E-state index in [1.54, 1.807) is 6.20 Å². The number of pyridine rings is 1. The van der Waals surface area contributed by atoms with Crippen LogP contribution >= 0.6 is 11.3 Å². The van der Waals surface area contributed by atoms with Gasteiger partial charge in [0, 0.05) is 11.5 Å². The van der Waals surface area contributed by atoms with Crippen LogP contribution in [0.2, 0.25) is 0 Å². The first-order valence-electron chi connectivity index (χ1n) is 6.04. The van der Waals surface area contributed by atoms with E-state index >= 15 is 0 Å². The van der Waals surface area contributed by atoms with Crippen LogP contribution in [0.15, 0.2) is 48.7 Å². The number of benzene rings is 1. The number of nitrogens with one attached hydrogen (secondary N) is 1. The van der Waals surface area contributed by atoms with Crippen molar-refractivity contribution in [2.24, 2.45) is 0 Å². The number of carbonyl (C=O) groups is 1. The number of aromatic nitrogens is 1. The van der Waals surface area contributed by atoms with Crippen molar-refractivity contribution in [1.82, 2.24) is 4.98 Å². The van der Waals surface area contributed by atoms with Gasteiger partial charge in [0.25, 0.3) is 5.91 Å². The molecular weight excluding hydrogens is 290 g/mol. The van der Waals surface area contributed by atoms with E-state index in [0.717, 1.165) is 22.2 Å². The van der Waals surface area contributed by atoms with Crippen LogP contribution in [-0.4, -0.2) is 15.8 Å². The molecule has 0 aliphatic carbocycles. The Labute approximate surface area is 123 Å². The highest BCUT2D eigenvalue weighted by Crippen LogP contribution is 2.25. The van der Waals surface area contributed by atoms with Gasteiger partial charge in [0.2, 0.25) is 0 Å². The Kier molecular flexibility index (Phi) is 3.33. The number of anilines is 1. The Morgan fingerprint density at radius 1 is 1.24 bits per heavy atom. The van der Waals surface area contributed by atoms with Gasteiger partial charge in [0.15, 0.2) is 0 Å². The first-order valence-corrected chi connectivity index (χ1v) is 6.85. The molecule has 0 saturated carbocycles. The average molecular weight is 299 g/mol. The molecule has 0 radical (unpaired) electrons. The molecule has 3 aromatic rings. The zero-order chi connectivity index (χ0) is 14.8. The zero-order valence-electron chi connectivity index (χ0n) is 10.6. The molecule has 0 atom stereocenters. The molecule has 1 amide bonds. The van der Waals surface area contributed by atoms with E-state index in [0.29, 0.717) is 5.69 Å². The predicted molar refractivity (Wildman–Crippen MR) is 80.7 cm³/mol. The Bertz CT molecular complexity index is 844. The van der Waals surface area contributed by atoms with Gasteiger partial charge < -0.3 is 5.32 Å². The number of nitro groups is 1. The molecule has 0 fully saturated rings. The highest BCUT2D eigenvalue weighted by atomic mass is 32.1. The molecule has 6 nitrogen and oxygen atoms in total. The largest absolute Gasteiger partial charge is 0.324 e. The smallest absolute Gasteiger partial charge is 0.320 e. The predicted octanol–water partition coefficient (Wildman–Crippen LogP) is 3.46. The summed E-state index contributed by atoms with van der Waals surface area (Å²) in [5, 5.41) is 14.2. The molecule has 3 rings (SSSR count). The van der Waals surface area contributed by atoms with Crippen LogP contribution in [0, 0.1) is 10.1 Å². The maximum atomic E-state index is 12.0. The van der Waals surface area contributed by atoms with E-state index in [9.17, 15) is 14.9 Å². The van der Waals surface area contributed by atoms with E-state index in [4.69, 9.17) is 0 Å². The molecule has 0 aliphatic heterocycles. The summed E-state index contributed by atoms with van der Waals surface area (Å²) >= 11 is 0.840. The third kappa shape index (κ3) is 2.72. The maximum absolute atomic E-state index is 12.0. The number of carbonyl (C=O) groups excluding carboxylic acids is 1. The van der Waals surface area contributed by atoms with Gasteiger partial charge >= 0.3 is 5.00 Å². The van der Waals surface area contributed by atoms with Crippen LogP contribution in [0.1, 0.15) is 9.67 Å². The van der Waals surface area contributed by atoms with Gasteiger partial charge in [-0.15, -0.1) is 0 Å². The normalized spacial score (nSPS) is 10.5. The van der Waals surface area contributed by atoms with Crippen LogP contribution in [0.5, 0.6) is 0 Å². The lowest BCUT2D eigenvalue weighted by Gasteiger charge is -2.04. The molecule has 0 saturated heterocycles. The van der Waals surface area contributed by atoms with Crippen LogP contribution in [-0.2, 0) is 0 Å². The fourth-order valence-corrected chi connectivity index (χ4v) is 2.60. The van der Waals surface area contributed by atoms with Gasteiger partial charge in [-0.3, -0.25) is 19.9 Å². The number of nitrogens with zero attached hydrogens (tertiary/aromatic N) is 2. The van der Waals surface area contributed by atoms with E-state index in [-0.39, 0.29) is 15.8 Å². The van der Waals surface area contributed by atoms with Crippen molar-refractivity contribution in [2.75, 3.05) is 5.32 Å². The van der Waals surface area contributed by atoms with E-state index in [1.165, 1.54) is 12.1 Å². The van der Waals surface area contributed by atoms with Crippen LogP contribution in [0.3, 0.4) is 0 Å². The third-order valence-electron chi connectivity index (χ3n) is 2.84. The number of fused-ring (bicyclic) bond motifs is 1. The summed E-state index contributed by atoms with van der Waals surface area (Å²) in [6.45, 7) is 0. The Morgan fingerprint density at radius 3 is 2.81 bits per heavy atom. The second-order valence-electron chi connectivity index (χ2n) is 4.27. The molecular formula is C14H9N3O3S. The number of rotatable bonds is 3. The number of thiophene rings is 1. The molecule has 2 heterocycles. The van der Waals surface area contributed by atoms with Crippen molar-refractivity contribution in [3.63, 3.8) is 0 Å². The van der Waals surface area contributed by atoms with Crippen molar-refractivity contribution >= 4 is 38.8 Å². The van der Waals surface area contributed by atoms with Gasteiger partial charge in [0.1, 0.15) is 0 Å². The quantitative estimate of drug-likeness (QED) is 0.593. The van der Waals surface area contributed by atoms with Crippen LogP contribution in [0.4, 0.5) is 10.7 Å². The molecule has 7 heteroatoms. The minimum Gasteiger partial charge on any atom is -0.320 e. The second kappa shape index (κ2) is 5.29.